The average Bonchev–Trinajstić information content (AvgIpc) is 3.25. The number of nitrogens with one attached hydrogen (secondary N) is 1. The molecule has 0 fully saturated rings. The number of hydrogen-bond donors (Lipinski definition) is 1. The summed E-state index contributed by atoms with van der Waals surface area (Å²) in [5.74, 6) is 1.25. The lowest BCUT2D eigenvalue weighted by molar-refractivity contribution is 0.102. The van der Waals surface area contributed by atoms with E-state index >= 15 is 0 Å². The Morgan fingerprint density at radius 3 is 2.85 bits per heavy atom. The first-order chi connectivity index (χ1) is 12.5. The number of rotatable bonds is 3. The van der Waals surface area contributed by atoms with Crippen molar-refractivity contribution < 1.29 is 14.3 Å². The first kappa shape index (κ1) is 16.3. The van der Waals surface area contributed by atoms with Crippen LogP contribution >= 0.6 is 11.6 Å². The number of aryl methyl sites for hydroxylation is 2. The van der Waals surface area contributed by atoms with Crippen molar-refractivity contribution in [2.24, 2.45) is 0 Å². The summed E-state index contributed by atoms with van der Waals surface area (Å²) in [5, 5.41) is 14.7. The molecule has 9 heteroatoms. The zero-order valence-corrected chi connectivity index (χ0v) is 14.7. The van der Waals surface area contributed by atoms with Gasteiger partial charge in [0.15, 0.2) is 17.3 Å². The number of carbonyl (C=O) groups is 1. The fourth-order valence-corrected chi connectivity index (χ4v) is 2.94. The van der Waals surface area contributed by atoms with Gasteiger partial charge in [-0.3, -0.25) is 4.79 Å². The number of hydrogen-bond acceptors (Lipinski definition) is 6. The number of amides is 1. The molecule has 0 spiro atoms. The Balaban J connectivity index is 1.63. The van der Waals surface area contributed by atoms with Crippen molar-refractivity contribution in [3.05, 3.63) is 52.3 Å². The first-order valence-corrected chi connectivity index (χ1v) is 8.17. The lowest BCUT2D eigenvalue weighted by atomic mass is 10.1. The molecule has 1 amide bonds. The summed E-state index contributed by atoms with van der Waals surface area (Å²) in [6.07, 6.45) is 0. The smallest absolute Gasteiger partial charge is 0.255 e. The van der Waals surface area contributed by atoms with Crippen molar-refractivity contribution >= 4 is 23.2 Å². The maximum absolute atomic E-state index is 12.6. The highest BCUT2D eigenvalue weighted by molar-refractivity contribution is 6.32. The Morgan fingerprint density at radius 2 is 2.08 bits per heavy atom. The second-order valence-electron chi connectivity index (χ2n) is 5.79. The van der Waals surface area contributed by atoms with Crippen LogP contribution < -0.4 is 14.8 Å². The first-order valence-electron chi connectivity index (χ1n) is 7.79. The molecular weight excluding hydrogens is 358 g/mol. The maximum Gasteiger partial charge on any atom is 0.255 e. The van der Waals surface area contributed by atoms with Crippen LogP contribution in [0.4, 0.5) is 5.69 Å². The Hall–Kier alpha value is -3.13. The summed E-state index contributed by atoms with van der Waals surface area (Å²) in [5.41, 5.74) is 2.75. The van der Waals surface area contributed by atoms with Gasteiger partial charge in [0, 0.05) is 11.3 Å². The van der Waals surface area contributed by atoms with Crippen molar-refractivity contribution in [3.8, 4) is 17.2 Å². The molecule has 0 saturated carbocycles. The van der Waals surface area contributed by atoms with E-state index in [1.807, 2.05) is 25.1 Å². The van der Waals surface area contributed by atoms with E-state index in [2.05, 4.69) is 20.8 Å². The van der Waals surface area contributed by atoms with Crippen LogP contribution in [0.15, 0.2) is 30.3 Å². The SMILES string of the molecule is Cc1ccc(NC(=O)c2cc(Cl)c3c(c2)OCO3)cc1-n1nnnc1C. The number of halogens is 1. The maximum atomic E-state index is 12.6. The molecule has 0 saturated heterocycles. The predicted octanol–water partition coefficient (Wildman–Crippen LogP) is 2.91. The van der Waals surface area contributed by atoms with Gasteiger partial charge in [-0.2, -0.15) is 4.68 Å². The topological polar surface area (TPSA) is 91.2 Å². The Bertz CT molecular complexity index is 1020. The van der Waals surface area contributed by atoms with E-state index in [9.17, 15) is 4.79 Å². The molecule has 26 heavy (non-hydrogen) atoms. The Labute approximate surface area is 153 Å². The highest BCUT2D eigenvalue weighted by atomic mass is 35.5. The number of ether oxygens (including phenoxy) is 2. The molecule has 1 aliphatic heterocycles. The summed E-state index contributed by atoms with van der Waals surface area (Å²) in [4.78, 5) is 12.6. The summed E-state index contributed by atoms with van der Waals surface area (Å²) in [6.45, 7) is 3.84. The van der Waals surface area contributed by atoms with Gasteiger partial charge in [-0.05, 0) is 54.1 Å². The van der Waals surface area contributed by atoms with Gasteiger partial charge in [-0.25, -0.2) is 0 Å². The van der Waals surface area contributed by atoms with E-state index in [0.29, 0.717) is 33.6 Å². The molecule has 2 aromatic carbocycles. The van der Waals surface area contributed by atoms with Gasteiger partial charge >= 0.3 is 0 Å². The van der Waals surface area contributed by atoms with Gasteiger partial charge in [0.05, 0.1) is 10.7 Å². The molecule has 0 unspecified atom stereocenters. The molecule has 1 aromatic heterocycles. The molecule has 0 bridgehead atoms. The van der Waals surface area contributed by atoms with E-state index in [1.54, 1.807) is 23.7 Å². The minimum atomic E-state index is -0.312. The van der Waals surface area contributed by atoms with Gasteiger partial charge in [0.2, 0.25) is 6.79 Å². The van der Waals surface area contributed by atoms with E-state index in [-0.39, 0.29) is 12.7 Å². The van der Waals surface area contributed by atoms with Crippen LogP contribution in [0.5, 0.6) is 11.5 Å². The number of anilines is 1. The normalized spacial score (nSPS) is 12.3. The van der Waals surface area contributed by atoms with Crippen LogP contribution in [0.2, 0.25) is 5.02 Å². The van der Waals surface area contributed by atoms with Crippen molar-refractivity contribution in [1.82, 2.24) is 20.2 Å². The number of aromatic nitrogens is 4. The number of carbonyl (C=O) groups excluding carboxylic acids is 1. The molecule has 8 nitrogen and oxygen atoms in total. The van der Waals surface area contributed by atoms with Gasteiger partial charge in [0.25, 0.3) is 5.91 Å². The van der Waals surface area contributed by atoms with Crippen LogP contribution in [-0.4, -0.2) is 32.9 Å². The second-order valence-corrected chi connectivity index (χ2v) is 6.19. The number of tetrazole rings is 1. The van der Waals surface area contributed by atoms with Crippen molar-refractivity contribution in [3.63, 3.8) is 0 Å². The molecule has 132 valence electrons. The van der Waals surface area contributed by atoms with Crippen LogP contribution in [-0.2, 0) is 0 Å². The molecule has 3 aromatic rings. The molecule has 0 atom stereocenters. The van der Waals surface area contributed by atoms with Crippen LogP contribution in [0.3, 0.4) is 0 Å². The lowest BCUT2D eigenvalue weighted by Crippen LogP contribution is -2.13. The molecule has 1 aliphatic rings. The molecule has 1 N–H and O–H groups in total. The molecule has 0 radical (unpaired) electrons. The number of nitrogens with zero attached hydrogens (tertiary/aromatic N) is 4. The minimum absolute atomic E-state index is 0.0900. The third-order valence-electron chi connectivity index (χ3n) is 4.01. The van der Waals surface area contributed by atoms with Gasteiger partial charge in [-0.1, -0.05) is 17.7 Å². The van der Waals surface area contributed by atoms with Crippen molar-refractivity contribution in [2.45, 2.75) is 13.8 Å². The van der Waals surface area contributed by atoms with Crippen LogP contribution in [0.25, 0.3) is 5.69 Å². The summed E-state index contributed by atoms with van der Waals surface area (Å²) < 4.78 is 12.2. The third-order valence-corrected chi connectivity index (χ3v) is 4.29. The summed E-state index contributed by atoms with van der Waals surface area (Å²) >= 11 is 6.14. The predicted molar refractivity (Wildman–Crippen MR) is 94.2 cm³/mol. The van der Waals surface area contributed by atoms with Gasteiger partial charge in [-0.15, -0.1) is 5.10 Å². The van der Waals surface area contributed by atoms with E-state index < -0.39 is 0 Å². The zero-order chi connectivity index (χ0) is 18.3. The van der Waals surface area contributed by atoms with E-state index in [1.165, 1.54) is 0 Å². The van der Waals surface area contributed by atoms with Crippen LogP contribution in [0.1, 0.15) is 21.7 Å². The molecule has 0 aliphatic carbocycles. The lowest BCUT2D eigenvalue weighted by Gasteiger charge is -2.11. The Kier molecular flexibility index (Phi) is 3.96. The van der Waals surface area contributed by atoms with Crippen molar-refractivity contribution in [2.75, 3.05) is 12.1 Å². The van der Waals surface area contributed by atoms with Gasteiger partial charge in [0.1, 0.15) is 0 Å². The zero-order valence-electron chi connectivity index (χ0n) is 14.0. The quantitative estimate of drug-likeness (QED) is 0.761. The monoisotopic (exact) mass is 371 g/mol. The highest BCUT2D eigenvalue weighted by Gasteiger charge is 2.21. The number of benzene rings is 2. The van der Waals surface area contributed by atoms with E-state index in [0.717, 1.165) is 11.3 Å². The fourth-order valence-electron chi connectivity index (χ4n) is 2.67. The van der Waals surface area contributed by atoms with E-state index in [4.69, 9.17) is 21.1 Å². The second kappa shape index (κ2) is 6.30. The standard InChI is InChI=1S/C17H14ClN5O3/c1-9-3-4-12(7-14(9)23-10(2)20-21-22-23)19-17(24)11-5-13(18)16-15(6-11)25-8-26-16/h3-7H,8H2,1-2H3,(H,19,24). The average molecular weight is 372 g/mol. The fraction of sp³-hybridized carbons (Fsp3) is 0.176. The molecule has 2 heterocycles. The summed E-state index contributed by atoms with van der Waals surface area (Å²) in [6, 6.07) is 8.66. The number of fused-ring (bicyclic) bond motifs is 1. The third kappa shape index (κ3) is 2.84. The Morgan fingerprint density at radius 1 is 1.23 bits per heavy atom. The van der Waals surface area contributed by atoms with Gasteiger partial charge < -0.3 is 14.8 Å². The van der Waals surface area contributed by atoms with Crippen molar-refractivity contribution in [1.29, 1.82) is 0 Å². The molecular formula is C17H14ClN5O3. The highest BCUT2D eigenvalue weighted by Crippen LogP contribution is 2.39. The summed E-state index contributed by atoms with van der Waals surface area (Å²) in [7, 11) is 0. The van der Waals surface area contributed by atoms with Crippen LogP contribution in [0, 0.1) is 13.8 Å². The molecule has 4 rings (SSSR count). The largest absolute Gasteiger partial charge is 0.454 e. The minimum Gasteiger partial charge on any atom is -0.454 e.